The first-order chi connectivity index (χ1) is 6.59. The second-order valence-corrected chi connectivity index (χ2v) is 3.89. The number of halogens is 1. The van der Waals surface area contributed by atoms with Crippen LogP contribution in [0.5, 0.6) is 5.75 Å². The van der Waals surface area contributed by atoms with Gasteiger partial charge in [0, 0.05) is 11.4 Å². The first-order valence-corrected chi connectivity index (χ1v) is 4.84. The number of fused-ring (bicyclic) bond motifs is 1. The fraction of sp³-hybridized carbons (Fsp3) is 0.300. The lowest BCUT2D eigenvalue weighted by Gasteiger charge is -2.06. The standard InChI is InChI=1S/C10H11ClN2O/c1-6(2)13-9-4-3-7(14)5-8(9)10(11)12-13/h3-6,14H,1-2H3. The molecular formula is C10H11ClN2O. The lowest BCUT2D eigenvalue weighted by molar-refractivity contribution is 0.476. The molecule has 0 bridgehead atoms. The zero-order valence-electron chi connectivity index (χ0n) is 8.03. The van der Waals surface area contributed by atoms with E-state index in [0.717, 1.165) is 10.9 Å². The van der Waals surface area contributed by atoms with Crippen LogP contribution in [0.15, 0.2) is 18.2 Å². The molecule has 0 amide bonds. The third kappa shape index (κ3) is 1.34. The Morgan fingerprint density at radius 2 is 2.14 bits per heavy atom. The Bertz CT molecular complexity index is 476. The molecule has 1 N–H and O–H groups in total. The molecular weight excluding hydrogens is 200 g/mol. The average Bonchev–Trinajstić information content (AvgIpc) is 2.44. The molecule has 0 atom stereocenters. The second-order valence-electron chi connectivity index (χ2n) is 3.53. The van der Waals surface area contributed by atoms with E-state index in [4.69, 9.17) is 11.6 Å². The van der Waals surface area contributed by atoms with E-state index in [1.807, 2.05) is 24.6 Å². The first-order valence-electron chi connectivity index (χ1n) is 4.46. The minimum Gasteiger partial charge on any atom is -0.508 e. The number of aromatic hydroxyl groups is 1. The van der Waals surface area contributed by atoms with Gasteiger partial charge < -0.3 is 5.11 Å². The first kappa shape index (κ1) is 9.34. The summed E-state index contributed by atoms with van der Waals surface area (Å²) < 4.78 is 1.84. The van der Waals surface area contributed by atoms with Gasteiger partial charge in [0.25, 0.3) is 0 Å². The molecule has 0 aliphatic heterocycles. The lowest BCUT2D eigenvalue weighted by Crippen LogP contribution is -2.01. The maximum atomic E-state index is 9.31. The molecule has 14 heavy (non-hydrogen) atoms. The van der Waals surface area contributed by atoms with Crippen molar-refractivity contribution in [3.8, 4) is 5.75 Å². The zero-order chi connectivity index (χ0) is 10.3. The quantitative estimate of drug-likeness (QED) is 0.786. The average molecular weight is 211 g/mol. The van der Waals surface area contributed by atoms with Crippen molar-refractivity contribution in [2.75, 3.05) is 0 Å². The monoisotopic (exact) mass is 210 g/mol. The van der Waals surface area contributed by atoms with Gasteiger partial charge in [0.1, 0.15) is 5.75 Å². The number of hydrogen-bond acceptors (Lipinski definition) is 2. The van der Waals surface area contributed by atoms with Crippen molar-refractivity contribution < 1.29 is 5.11 Å². The topological polar surface area (TPSA) is 38.0 Å². The Morgan fingerprint density at radius 3 is 2.79 bits per heavy atom. The summed E-state index contributed by atoms with van der Waals surface area (Å²) in [5, 5.41) is 14.7. The van der Waals surface area contributed by atoms with Crippen molar-refractivity contribution in [2.24, 2.45) is 0 Å². The van der Waals surface area contributed by atoms with Crippen LogP contribution in [0.3, 0.4) is 0 Å². The zero-order valence-corrected chi connectivity index (χ0v) is 8.78. The number of phenols is 1. The molecule has 0 aliphatic rings. The van der Waals surface area contributed by atoms with Gasteiger partial charge in [-0.05, 0) is 32.0 Å². The van der Waals surface area contributed by atoms with E-state index in [1.54, 1.807) is 12.1 Å². The molecule has 0 saturated carbocycles. The van der Waals surface area contributed by atoms with E-state index in [-0.39, 0.29) is 11.8 Å². The second kappa shape index (κ2) is 3.17. The summed E-state index contributed by atoms with van der Waals surface area (Å²) >= 11 is 5.95. The van der Waals surface area contributed by atoms with Crippen molar-refractivity contribution in [3.63, 3.8) is 0 Å². The Hall–Kier alpha value is -1.22. The third-order valence-electron chi connectivity index (χ3n) is 2.13. The van der Waals surface area contributed by atoms with E-state index in [1.165, 1.54) is 0 Å². The summed E-state index contributed by atoms with van der Waals surface area (Å²) in [5.74, 6) is 0.211. The smallest absolute Gasteiger partial charge is 0.159 e. The van der Waals surface area contributed by atoms with Crippen LogP contribution in [-0.4, -0.2) is 14.9 Å². The van der Waals surface area contributed by atoms with Crippen LogP contribution in [0.25, 0.3) is 10.9 Å². The summed E-state index contributed by atoms with van der Waals surface area (Å²) in [5.41, 5.74) is 0.947. The maximum Gasteiger partial charge on any atom is 0.159 e. The van der Waals surface area contributed by atoms with Crippen LogP contribution in [0, 0.1) is 0 Å². The number of hydrogen-bond donors (Lipinski definition) is 1. The Balaban J connectivity index is 2.77. The van der Waals surface area contributed by atoms with Crippen LogP contribution in [0.2, 0.25) is 5.15 Å². The minimum atomic E-state index is 0.211. The van der Waals surface area contributed by atoms with Gasteiger partial charge in [-0.1, -0.05) is 11.6 Å². The highest BCUT2D eigenvalue weighted by Crippen LogP contribution is 2.28. The van der Waals surface area contributed by atoms with E-state index >= 15 is 0 Å². The highest BCUT2D eigenvalue weighted by molar-refractivity contribution is 6.34. The van der Waals surface area contributed by atoms with Crippen molar-refractivity contribution in [2.45, 2.75) is 19.9 Å². The number of rotatable bonds is 1. The molecule has 2 aromatic rings. The van der Waals surface area contributed by atoms with Gasteiger partial charge >= 0.3 is 0 Å². The summed E-state index contributed by atoms with van der Waals surface area (Å²) in [6.07, 6.45) is 0. The summed E-state index contributed by atoms with van der Waals surface area (Å²) in [6.45, 7) is 4.07. The van der Waals surface area contributed by atoms with Crippen LogP contribution >= 0.6 is 11.6 Å². The Morgan fingerprint density at radius 1 is 1.43 bits per heavy atom. The predicted octanol–water partition coefficient (Wildman–Crippen LogP) is 2.98. The number of benzene rings is 1. The molecule has 3 nitrogen and oxygen atoms in total. The summed E-state index contributed by atoms with van der Waals surface area (Å²) in [6, 6.07) is 5.35. The highest BCUT2D eigenvalue weighted by atomic mass is 35.5. The molecule has 1 aromatic carbocycles. The molecule has 1 heterocycles. The van der Waals surface area contributed by atoms with Gasteiger partial charge in [0.05, 0.1) is 5.52 Å². The fourth-order valence-electron chi connectivity index (χ4n) is 1.49. The van der Waals surface area contributed by atoms with E-state index in [9.17, 15) is 5.11 Å². The summed E-state index contributed by atoms with van der Waals surface area (Å²) in [7, 11) is 0. The fourth-order valence-corrected chi connectivity index (χ4v) is 1.72. The molecule has 4 heteroatoms. The number of phenolic OH excluding ortho intramolecular Hbond substituents is 1. The third-order valence-corrected chi connectivity index (χ3v) is 2.41. The van der Waals surface area contributed by atoms with Gasteiger partial charge in [-0.2, -0.15) is 5.10 Å². The van der Waals surface area contributed by atoms with Gasteiger partial charge in [-0.15, -0.1) is 0 Å². The van der Waals surface area contributed by atoms with E-state index in [2.05, 4.69) is 5.10 Å². The molecule has 0 spiro atoms. The Kier molecular flexibility index (Phi) is 2.11. The maximum absolute atomic E-state index is 9.31. The highest BCUT2D eigenvalue weighted by Gasteiger charge is 2.10. The molecule has 2 rings (SSSR count). The van der Waals surface area contributed by atoms with Crippen molar-refractivity contribution >= 4 is 22.5 Å². The van der Waals surface area contributed by atoms with E-state index < -0.39 is 0 Å². The lowest BCUT2D eigenvalue weighted by atomic mass is 10.2. The number of nitrogens with zero attached hydrogens (tertiary/aromatic N) is 2. The van der Waals surface area contributed by atoms with Crippen molar-refractivity contribution in [1.82, 2.24) is 9.78 Å². The van der Waals surface area contributed by atoms with E-state index in [0.29, 0.717) is 5.15 Å². The Labute approximate surface area is 86.9 Å². The molecule has 0 radical (unpaired) electrons. The summed E-state index contributed by atoms with van der Waals surface area (Å²) in [4.78, 5) is 0. The van der Waals surface area contributed by atoms with Gasteiger partial charge in [-0.25, -0.2) is 0 Å². The van der Waals surface area contributed by atoms with Crippen molar-refractivity contribution in [3.05, 3.63) is 23.4 Å². The van der Waals surface area contributed by atoms with Crippen LogP contribution < -0.4 is 0 Å². The predicted molar refractivity (Wildman–Crippen MR) is 56.8 cm³/mol. The molecule has 0 saturated heterocycles. The normalized spacial score (nSPS) is 11.4. The van der Waals surface area contributed by atoms with Crippen LogP contribution in [0.1, 0.15) is 19.9 Å². The van der Waals surface area contributed by atoms with Crippen LogP contribution in [0.4, 0.5) is 0 Å². The van der Waals surface area contributed by atoms with Gasteiger partial charge in [0.15, 0.2) is 5.15 Å². The molecule has 1 aromatic heterocycles. The van der Waals surface area contributed by atoms with Gasteiger partial charge in [0.2, 0.25) is 0 Å². The van der Waals surface area contributed by atoms with Crippen LogP contribution in [-0.2, 0) is 0 Å². The molecule has 0 aliphatic carbocycles. The molecule has 0 fully saturated rings. The number of aromatic nitrogens is 2. The minimum absolute atomic E-state index is 0.211. The molecule has 74 valence electrons. The van der Waals surface area contributed by atoms with Crippen molar-refractivity contribution in [1.29, 1.82) is 0 Å². The van der Waals surface area contributed by atoms with Gasteiger partial charge in [-0.3, -0.25) is 4.68 Å². The SMILES string of the molecule is CC(C)n1nc(Cl)c2cc(O)ccc21. The largest absolute Gasteiger partial charge is 0.508 e. The molecule has 0 unspecified atom stereocenters.